The van der Waals surface area contributed by atoms with Gasteiger partial charge < -0.3 is 19.1 Å². The van der Waals surface area contributed by atoms with Gasteiger partial charge in [-0.05, 0) is 56.3 Å². The van der Waals surface area contributed by atoms with Crippen molar-refractivity contribution in [2.24, 2.45) is 0 Å². The average molecular weight is 410 g/mol. The number of rotatable bonds is 3. The van der Waals surface area contributed by atoms with Crippen LogP contribution in [0.5, 0.6) is 11.5 Å². The highest BCUT2D eigenvalue weighted by Gasteiger charge is 2.32. The third-order valence-electron chi connectivity index (χ3n) is 6.01. The van der Waals surface area contributed by atoms with Crippen molar-refractivity contribution in [2.45, 2.75) is 25.8 Å². The van der Waals surface area contributed by atoms with E-state index in [-0.39, 0.29) is 5.91 Å². The quantitative estimate of drug-likeness (QED) is 0.599. The first-order chi connectivity index (χ1) is 14.1. The molecule has 0 aliphatic carbocycles. The van der Waals surface area contributed by atoms with Crippen molar-refractivity contribution in [3.63, 3.8) is 0 Å². The Kier molecular flexibility index (Phi) is 4.72. The van der Waals surface area contributed by atoms with Crippen LogP contribution in [0.15, 0.2) is 42.5 Å². The highest BCUT2D eigenvalue weighted by molar-refractivity contribution is 6.31. The van der Waals surface area contributed by atoms with Gasteiger partial charge in [0.05, 0.1) is 11.2 Å². The molecule has 0 bridgehead atoms. The van der Waals surface area contributed by atoms with Gasteiger partial charge in [-0.2, -0.15) is 0 Å². The third kappa shape index (κ3) is 3.18. The maximum absolute atomic E-state index is 13.5. The maximum atomic E-state index is 13.5. The Bertz CT molecular complexity index is 1090. The molecule has 2 aliphatic heterocycles. The summed E-state index contributed by atoms with van der Waals surface area (Å²) >= 11 is 6.32. The number of likely N-dealkylation sites (tertiary alicyclic amines) is 1. The summed E-state index contributed by atoms with van der Waals surface area (Å²) in [6.45, 7) is 3.88. The Balaban J connectivity index is 1.64. The Morgan fingerprint density at radius 3 is 2.66 bits per heavy atom. The van der Waals surface area contributed by atoms with Gasteiger partial charge in [0.25, 0.3) is 5.91 Å². The molecule has 29 heavy (non-hydrogen) atoms. The fourth-order valence-corrected chi connectivity index (χ4v) is 4.63. The summed E-state index contributed by atoms with van der Waals surface area (Å²) in [5, 5.41) is 1.58. The van der Waals surface area contributed by atoms with E-state index in [9.17, 15) is 4.79 Å². The van der Waals surface area contributed by atoms with Crippen molar-refractivity contribution < 1.29 is 9.53 Å². The molecule has 0 unspecified atom stereocenters. The van der Waals surface area contributed by atoms with Crippen LogP contribution in [0.3, 0.4) is 0 Å². The summed E-state index contributed by atoms with van der Waals surface area (Å²) in [5.41, 5.74) is 2.32. The minimum Gasteiger partial charge on any atom is -0.452 e. The Morgan fingerprint density at radius 1 is 1.03 bits per heavy atom. The van der Waals surface area contributed by atoms with Gasteiger partial charge in [0.1, 0.15) is 0 Å². The second kappa shape index (κ2) is 7.39. The Labute approximate surface area is 175 Å². The first-order valence-electron chi connectivity index (χ1n) is 10.2. The monoisotopic (exact) mass is 409 g/mol. The van der Waals surface area contributed by atoms with Crippen LogP contribution < -0.4 is 9.64 Å². The van der Waals surface area contributed by atoms with Crippen LogP contribution in [0.4, 0.5) is 5.69 Å². The van der Waals surface area contributed by atoms with Crippen LogP contribution in [0, 0.1) is 0 Å². The number of piperidine rings is 1. The van der Waals surface area contributed by atoms with Crippen molar-refractivity contribution in [1.29, 1.82) is 0 Å². The number of hydrogen-bond donors (Lipinski definition) is 0. The summed E-state index contributed by atoms with van der Waals surface area (Å²) in [5.74, 6) is 1.25. The number of amides is 1. The predicted molar refractivity (Wildman–Crippen MR) is 116 cm³/mol. The van der Waals surface area contributed by atoms with Crippen LogP contribution in [-0.4, -0.2) is 42.1 Å². The molecule has 2 aromatic carbocycles. The van der Waals surface area contributed by atoms with Gasteiger partial charge in [-0.25, -0.2) is 0 Å². The summed E-state index contributed by atoms with van der Waals surface area (Å²) in [4.78, 5) is 17.7. The number of benzene rings is 2. The molecule has 1 amide bonds. The average Bonchev–Trinajstić information content (AvgIpc) is 2.99. The van der Waals surface area contributed by atoms with E-state index in [1.165, 1.54) is 19.3 Å². The highest BCUT2D eigenvalue weighted by Crippen LogP contribution is 2.44. The van der Waals surface area contributed by atoms with Crippen molar-refractivity contribution in [3.05, 3.63) is 53.2 Å². The van der Waals surface area contributed by atoms with Gasteiger partial charge in [0.2, 0.25) is 0 Å². The lowest BCUT2D eigenvalue weighted by molar-refractivity contribution is 0.0983. The number of aromatic nitrogens is 1. The molecule has 0 radical (unpaired) electrons. The molecule has 0 N–H and O–H groups in total. The van der Waals surface area contributed by atoms with E-state index in [1.54, 1.807) is 11.9 Å². The summed E-state index contributed by atoms with van der Waals surface area (Å²) in [7, 11) is 1.80. The fraction of sp³-hybridized carbons (Fsp3) is 0.348. The molecule has 0 saturated carbocycles. The van der Waals surface area contributed by atoms with E-state index < -0.39 is 0 Å². The van der Waals surface area contributed by atoms with E-state index in [0.717, 1.165) is 42.8 Å². The van der Waals surface area contributed by atoms with Crippen LogP contribution in [0.1, 0.15) is 29.8 Å². The number of para-hydroxylation sites is 2. The van der Waals surface area contributed by atoms with Gasteiger partial charge in [0, 0.05) is 30.5 Å². The molecule has 0 atom stereocenters. The van der Waals surface area contributed by atoms with Gasteiger partial charge >= 0.3 is 0 Å². The van der Waals surface area contributed by atoms with Gasteiger partial charge in [0.15, 0.2) is 17.2 Å². The molecule has 1 aromatic heterocycles. The third-order valence-corrected chi connectivity index (χ3v) is 6.25. The number of ether oxygens (including phenoxy) is 1. The molecule has 6 heteroatoms. The number of fused-ring (bicyclic) bond motifs is 4. The van der Waals surface area contributed by atoms with E-state index in [1.807, 2.05) is 42.5 Å². The minimum absolute atomic E-state index is 0.0593. The van der Waals surface area contributed by atoms with Gasteiger partial charge in [-0.1, -0.05) is 30.2 Å². The SMILES string of the molecule is CN1C(=O)c2c(c3ccc(Cl)cc3n2CCN2CCCCC2)Oc2ccccc21. The summed E-state index contributed by atoms with van der Waals surface area (Å²) < 4.78 is 8.42. The van der Waals surface area contributed by atoms with Crippen LogP contribution in [0.25, 0.3) is 10.9 Å². The largest absolute Gasteiger partial charge is 0.452 e. The zero-order valence-electron chi connectivity index (χ0n) is 16.5. The van der Waals surface area contributed by atoms with E-state index in [4.69, 9.17) is 16.3 Å². The van der Waals surface area contributed by atoms with E-state index >= 15 is 0 Å². The van der Waals surface area contributed by atoms with Crippen molar-refractivity contribution in [3.8, 4) is 11.5 Å². The number of halogens is 1. The maximum Gasteiger partial charge on any atom is 0.278 e. The van der Waals surface area contributed by atoms with Gasteiger partial charge in [-0.3, -0.25) is 4.79 Å². The summed E-state index contributed by atoms with van der Waals surface area (Å²) in [6, 6.07) is 13.4. The smallest absolute Gasteiger partial charge is 0.278 e. The molecule has 5 rings (SSSR count). The first kappa shape index (κ1) is 18.5. The van der Waals surface area contributed by atoms with Crippen molar-refractivity contribution >= 4 is 34.1 Å². The molecular weight excluding hydrogens is 386 g/mol. The predicted octanol–water partition coefficient (Wildman–Crippen LogP) is 5.16. The van der Waals surface area contributed by atoms with Crippen LogP contribution >= 0.6 is 11.6 Å². The Hall–Kier alpha value is -2.50. The van der Waals surface area contributed by atoms with E-state index in [0.29, 0.717) is 22.2 Å². The number of carbonyl (C=O) groups is 1. The molecule has 150 valence electrons. The zero-order valence-corrected chi connectivity index (χ0v) is 17.3. The van der Waals surface area contributed by atoms with Crippen LogP contribution in [-0.2, 0) is 6.54 Å². The summed E-state index contributed by atoms with van der Waals surface area (Å²) in [6.07, 6.45) is 3.80. The molecule has 0 spiro atoms. The molecule has 3 heterocycles. The number of anilines is 1. The number of carbonyl (C=O) groups excluding carboxylic acids is 1. The number of nitrogens with zero attached hydrogens (tertiary/aromatic N) is 3. The highest BCUT2D eigenvalue weighted by atomic mass is 35.5. The topological polar surface area (TPSA) is 37.7 Å². The molecular formula is C23H24ClN3O2. The lowest BCUT2D eigenvalue weighted by Gasteiger charge is -2.27. The molecule has 3 aromatic rings. The molecule has 1 fully saturated rings. The second-order valence-electron chi connectivity index (χ2n) is 7.83. The first-order valence-corrected chi connectivity index (χ1v) is 10.6. The second-order valence-corrected chi connectivity index (χ2v) is 8.26. The fourth-order valence-electron chi connectivity index (χ4n) is 4.46. The zero-order chi connectivity index (χ0) is 20.0. The van der Waals surface area contributed by atoms with E-state index in [2.05, 4.69) is 9.47 Å². The number of hydrogen-bond acceptors (Lipinski definition) is 3. The minimum atomic E-state index is -0.0593. The lowest BCUT2D eigenvalue weighted by Crippen LogP contribution is -2.34. The van der Waals surface area contributed by atoms with Crippen molar-refractivity contribution in [1.82, 2.24) is 9.47 Å². The van der Waals surface area contributed by atoms with Crippen molar-refractivity contribution in [2.75, 3.05) is 31.6 Å². The molecule has 1 saturated heterocycles. The lowest BCUT2D eigenvalue weighted by atomic mass is 10.1. The normalized spacial score (nSPS) is 17.0. The molecule has 5 nitrogen and oxygen atoms in total. The van der Waals surface area contributed by atoms with Crippen LogP contribution in [0.2, 0.25) is 5.02 Å². The standard InChI is InChI=1S/C23H24ClN3O2/c1-25-18-7-3-4-8-20(18)29-22-17-10-9-16(24)15-19(17)27(21(22)23(25)28)14-13-26-11-5-2-6-12-26/h3-4,7-10,15H,2,5-6,11-14H2,1H3. The Morgan fingerprint density at radius 2 is 1.83 bits per heavy atom. The molecule has 2 aliphatic rings. The van der Waals surface area contributed by atoms with Gasteiger partial charge in [-0.15, -0.1) is 0 Å².